The molecule has 230 valence electrons. The average Bonchev–Trinajstić information content (AvgIpc) is 3.45. The summed E-state index contributed by atoms with van der Waals surface area (Å²) in [4.78, 5) is 30.2. The number of ether oxygens (including phenoxy) is 3. The highest BCUT2D eigenvalue weighted by molar-refractivity contribution is 6.15. The van der Waals surface area contributed by atoms with E-state index in [1.165, 1.54) is 0 Å². The first-order chi connectivity index (χ1) is 21.9. The van der Waals surface area contributed by atoms with Gasteiger partial charge in [0.15, 0.2) is 0 Å². The molecule has 0 spiro atoms. The molecule has 7 heteroatoms. The molecule has 0 aliphatic carbocycles. The highest BCUT2D eigenvalue weighted by atomic mass is 16.5. The Morgan fingerprint density at radius 2 is 1.44 bits per heavy atom. The molecule has 6 rings (SSSR count). The van der Waals surface area contributed by atoms with Crippen molar-refractivity contribution in [2.24, 2.45) is 0 Å². The molecule has 2 heterocycles. The smallest absolute Gasteiger partial charge is 0.316 e. The van der Waals surface area contributed by atoms with Gasteiger partial charge in [0, 0.05) is 29.7 Å². The minimum atomic E-state index is -0.799. The van der Waals surface area contributed by atoms with E-state index in [4.69, 9.17) is 14.2 Å². The number of benzene rings is 4. The molecule has 1 saturated heterocycles. The predicted octanol–water partition coefficient (Wildman–Crippen LogP) is 7.36. The molecule has 7 nitrogen and oxygen atoms in total. The van der Waals surface area contributed by atoms with Crippen LogP contribution >= 0.6 is 0 Å². The van der Waals surface area contributed by atoms with Gasteiger partial charge in [-0.05, 0) is 74.2 Å². The summed E-state index contributed by atoms with van der Waals surface area (Å²) < 4.78 is 18.9. The summed E-state index contributed by atoms with van der Waals surface area (Å²) >= 11 is 0. The third kappa shape index (κ3) is 5.22. The van der Waals surface area contributed by atoms with Crippen LogP contribution in [0.25, 0.3) is 27.8 Å². The van der Waals surface area contributed by atoms with Gasteiger partial charge in [-0.15, -0.1) is 0 Å². The van der Waals surface area contributed by atoms with Crippen LogP contribution in [0.5, 0.6) is 11.5 Å². The lowest BCUT2D eigenvalue weighted by Crippen LogP contribution is -2.49. The van der Waals surface area contributed by atoms with Gasteiger partial charge in [0.2, 0.25) is 0 Å². The average molecular weight is 603 g/mol. The van der Waals surface area contributed by atoms with E-state index >= 15 is 0 Å². The van der Waals surface area contributed by atoms with Gasteiger partial charge in [0.05, 0.1) is 43.0 Å². The number of carbonyl (C=O) groups excluding carboxylic acids is 2. The first-order valence-corrected chi connectivity index (χ1v) is 15.4. The number of carbonyl (C=O) groups is 2. The Labute approximate surface area is 264 Å². The van der Waals surface area contributed by atoms with Gasteiger partial charge >= 0.3 is 5.97 Å². The lowest BCUT2D eigenvalue weighted by atomic mass is 9.72. The van der Waals surface area contributed by atoms with Crippen LogP contribution in [-0.2, 0) is 14.9 Å². The highest BCUT2D eigenvalue weighted by Crippen LogP contribution is 2.43. The van der Waals surface area contributed by atoms with Crippen molar-refractivity contribution in [3.05, 3.63) is 114 Å². The van der Waals surface area contributed by atoms with Crippen molar-refractivity contribution in [2.75, 3.05) is 33.9 Å². The molecular formula is C38H38N2O5. The summed E-state index contributed by atoms with van der Waals surface area (Å²) in [6.45, 7) is 4.97. The number of nitrogens with zero attached hydrogens (tertiary/aromatic N) is 2. The zero-order valence-electron chi connectivity index (χ0n) is 26.2. The summed E-state index contributed by atoms with van der Waals surface area (Å²) in [6.07, 6.45) is 0.948. The third-order valence-electron chi connectivity index (χ3n) is 9.05. The summed E-state index contributed by atoms with van der Waals surface area (Å²) in [5.74, 6) is 1.16. The molecule has 0 radical (unpaired) electrons. The summed E-state index contributed by atoms with van der Waals surface area (Å²) in [5, 5.41) is 0.847. The van der Waals surface area contributed by atoms with Gasteiger partial charge in [-0.25, -0.2) is 0 Å². The second-order valence-electron chi connectivity index (χ2n) is 11.4. The number of fused-ring (bicyclic) bond motifs is 1. The lowest BCUT2D eigenvalue weighted by molar-refractivity contribution is -0.152. The number of aryl methyl sites for hydroxylation is 1. The minimum Gasteiger partial charge on any atom is -0.497 e. The molecule has 0 unspecified atom stereocenters. The van der Waals surface area contributed by atoms with Crippen molar-refractivity contribution in [3.8, 4) is 28.4 Å². The molecule has 0 bridgehead atoms. The number of methoxy groups -OCH3 is 2. The molecule has 45 heavy (non-hydrogen) atoms. The molecule has 5 aromatic rings. The number of hydrogen-bond donors (Lipinski definition) is 0. The van der Waals surface area contributed by atoms with Crippen LogP contribution in [0, 0.1) is 6.92 Å². The van der Waals surface area contributed by atoms with Gasteiger partial charge < -0.3 is 23.7 Å². The van der Waals surface area contributed by atoms with E-state index in [0.717, 1.165) is 44.7 Å². The predicted molar refractivity (Wildman–Crippen MR) is 176 cm³/mol. The fourth-order valence-electron chi connectivity index (χ4n) is 6.72. The molecule has 0 N–H and O–H groups in total. The molecule has 0 atom stereocenters. The van der Waals surface area contributed by atoms with Gasteiger partial charge in [0.25, 0.3) is 5.91 Å². The zero-order valence-corrected chi connectivity index (χ0v) is 26.2. The number of rotatable bonds is 8. The van der Waals surface area contributed by atoms with Crippen LogP contribution in [0.15, 0.2) is 97.1 Å². The Balaban J connectivity index is 1.51. The summed E-state index contributed by atoms with van der Waals surface area (Å²) in [5.41, 5.74) is 5.19. The minimum absolute atomic E-state index is 0.0759. The highest BCUT2D eigenvalue weighted by Gasteiger charge is 2.45. The van der Waals surface area contributed by atoms with Crippen LogP contribution < -0.4 is 9.47 Å². The monoisotopic (exact) mass is 602 g/mol. The van der Waals surface area contributed by atoms with Crippen LogP contribution in [-0.4, -0.2) is 55.3 Å². The van der Waals surface area contributed by atoms with Crippen LogP contribution in [0.2, 0.25) is 0 Å². The Kier molecular flexibility index (Phi) is 8.35. The van der Waals surface area contributed by atoms with E-state index in [-0.39, 0.29) is 11.9 Å². The standard InChI is InChI=1S/C38H38N2O5/c1-5-45-37(42)38(28-14-10-7-11-15-28)22-24-39(25-23-38)36(41)34-33-26(2)32(44-4)21-20-31(33)40(29-16-18-30(43-3)19-17-29)35(34)27-12-8-6-9-13-27/h6-21H,5,22-25H2,1-4H3. The number of amides is 1. The number of hydrogen-bond acceptors (Lipinski definition) is 5. The molecule has 1 aliphatic rings. The molecule has 1 aromatic heterocycles. The maximum absolute atomic E-state index is 14.9. The van der Waals surface area contributed by atoms with Crippen molar-refractivity contribution in [1.29, 1.82) is 0 Å². The topological polar surface area (TPSA) is 70.0 Å². The molecular weight excluding hydrogens is 564 g/mol. The SMILES string of the molecule is CCOC(=O)C1(c2ccccc2)CCN(C(=O)c2c(-c3ccccc3)n(-c3ccc(OC)cc3)c3ccc(OC)c(C)c23)CC1. The Bertz CT molecular complexity index is 1820. The maximum Gasteiger partial charge on any atom is 0.316 e. The summed E-state index contributed by atoms with van der Waals surface area (Å²) in [6, 6.07) is 31.7. The van der Waals surface area contributed by atoms with Gasteiger partial charge in [0.1, 0.15) is 11.5 Å². The van der Waals surface area contributed by atoms with Gasteiger partial charge in [-0.2, -0.15) is 0 Å². The van der Waals surface area contributed by atoms with E-state index in [1.54, 1.807) is 14.2 Å². The van der Waals surface area contributed by atoms with E-state index in [0.29, 0.717) is 43.9 Å². The van der Waals surface area contributed by atoms with Crippen molar-refractivity contribution < 1.29 is 23.8 Å². The Morgan fingerprint density at radius 3 is 2.04 bits per heavy atom. The van der Waals surface area contributed by atoms with Gasteiger partial charge in [-0.3, -0.25) is 9.59 Å². The van der Waals surface area contributed by atoms with E-state index in [9.17, 15) is 9.59 Å². The lowest BCUT2D eigenvalue weighted by Gasteiger charge is -2.40. The molecule has 1 aliphatic heterocycles. The molecule has 4 aromatic carbocycles. The normalized spacial score (nSPS) is 14.3. The number of aromatic nitrogens is 1. The molecule has 1 amide bonds. The van der Waals surface area contributed by atoms with Crippen molar-refractivity contribution in [1.82, 2.24) is 9.47 Å². The van der Waals surface area contributed by atoms with Crippen LogP contribution in [0.1, 0.15) is 41.3 Å². The van der Waals surface area contributed by atoms with Gasteiger partial charge in [-0.1, -0.05) is 60.7 Å². The van der Waals surface area contributed by atoms with E-state index in [1.807, 2.05) is 116 Å². The van der Waals surface area contributed by atoms with E-state index in [2.05, 4.69) is 4.57 Å². The molecule has 0 saturated carbocycles. The second-order valence-corrected chi connectivity index (χ2v) is 11.4. The zero-order chi connectivity index (χ0) is 31.6. The second kappa shape index (κ2) is 12.5. The van der Waals surface area contributed by atoms with E-state index < -0.39 is 5.41 Å². The Hall–Kier alpha value is -5.04. The Morgan fingerprint density at radius 1 is 0.800 bits per heavy atom. The van der Waals surface area contributed by atoms with Crippen LogP contribution in [0.4, 0.5) is 0 Å². The fraction of sp³-hybridized carbons (Fsp3) is 0.263. The van der Waals surface area contributed by atoms with Crippen molar-refractivity contribution in [2.45, 2.75) is 32.1 Å². The first kappa shape index (κ1) is 30.0. The fourth-order valence-corrected chi connectivity index (χ4v) is 6.72. The number of esters is 1. The first-order valence-electron chi connectivity index (χ1n) is 15.4. The summed E-state index contributed by atoms with van der Waals surface area (Å²) in [7, 11) is 3.30. The molecule has 1 fully saturated rings. The van der Waals surface area contributed by atoms with Crippen molar-refractivity contribution in [3.63, 3.8) is 0 Å². The number of piperidine rings is 1. The van der Waals surface area contributed by atoms with Crippen LogP contribution in [0.3, 0.4) is 0 Å². The van der Waals surface area contributed by atoms with Crippen molar-refractivity contribution >= 4 is 22.8 Å². The largest absolute Gasteiger partial charge is 0.497 e. The quantitative estimate of drug-likeness (QED) is 0.174. The maximum atomic E-state index is 14.9. The number of likely N-dealkylation sites (tertiary alicyclic amines) is 1. The third-order valence-corrected chi connectivity index (χ3v) is 9.05.